The minimum atomic E-state index is -0.941. The zero-order valence-electron chi connectivity index (χ0n) is 14.9. The molecule has 3 nitrogen and oxygen atoms in total. The summed E-state index contributed by atoms with van der Waals surface area (Å²) in [6, 6.07) is 11.3. The molecule has 3 aliphatic rings. The molecule has 4 heteroatoms. The van der Waals surface area contributed by atoms with Crippen LogP contribution in [0.25, 0.3) is 0 Å². The monoisotopic (exact) mass is 353 g/mol. The zero-order valence-corrected chi connectivity index (χ0v) is 14.9. The van der Waals surface area contributed by atoms with E-state index in [2.05, 4.69) is 23.1 Å². The molecule has 1 unspecified atom stereocenters. The van der Waals surface area contributed by atoms with Crippen LogP contribution < -0.4 is 4.74 Å². The molecule has 1 atom stereocenters. The van der Waals surface area contributed by atoms with Crippen LogP contribution >= 0.6 is 0 Å². The normalized spacial score (nSPS) is 25.8. The van der Waals surface area contributed by atoms with Gasteiger partial charge in [-0.2, -0.15) is 0 Å². The second-order valence-electron chi connectivity index (χ2n) is 7.81. The predicted molar refractivity (Wildman–Crippen MR) is 97.8 cm³/mol. The van der Waals surface area contributed by atoms with Gasteiger partial charge in [0.05, 0.1) is 6.61 Å². The lowest BCUT2D eigenvalue weighted by molar-refractivity contribution is -0.123. The first-order valence-electron chi connectivity index (χ1n) is 9.66. The SMILES string of the molecule is OC1(N2CCC(c3cccc4c3OCC4)CC2)CCc2cc(F)ccc21. The minimum absolute atomic E-state index is 0.218. The van der Waals surface area contributed by atoms with E-state index in [1.54, 1.807) is 12.1 Å². The summed E-state index contributed by atoms with van der Waals surface area (Å²) >= 11 is 0. The standard InChI is InChI=1S/C22H24FNO2/c23-18-4-5-20-17(14-18)6-10-22(20,25)24-11-7-15(8-12-24)19-3-1-2-16-9-13-26-21(16)19/h1-5,14-15,25H,6-13H2. The van der Waals surface area contributed by atoms with Gasteiger partial charge in [-0.15, -0.1) is 0 Å². The molecule has 1 fully saturated rings. The molecule has 2 aliphatic heterocycles. The van der Waals surface area contributed by atoms with Crippen LogP contribution in [0, 0.1) is 5.82 Å². The number of hydrogen-bond acceptors (Lipinski definition) is 3. The number of aliphatic hydroxyl groups is 1. The average Bonchev–Trinajstić information content (AvgIpc) is 3.27. The number of hydrogen-bond donors (Lipinski definition) is 1. The molecule has 2 heterocycles. The van der Waals surface area contributed by atoms with Gasteiger partial charge in [0, 0.05) is 25.1 Å². The van der Waals surface area contributed by atoms with Gasteiger partial charge in [-0.3, -0.25) is 4.90 Å². The van der Waals surface area contributed by atoms with Crippen LogP contribution in [0.4, 0.5) is 4.39 Å². The van der Waals surface area contributed by atoms with Crippen molar-refractivity contribution in [3.8, 4) is 5.75 Å². The Kier molecular flexibility index (Phi) is 3.80. The molecule has 1 saturated heterocycles. The Hall–Kier alpha value is -1.91. The zero-order chi connectivity index (χ0) is 17.7. The number of likely N-dealkylation sites (tertiary alicyclic amines) is 1. The predicted octanol–water partition coefficient (Wildman–Crippen LogP) is 3.73. The summed E-state index contributed by atoms with van der Waals surface area (Å²) in [7, 11) is 0. The summed E-state index contributed by atoms with van der Waals surface area (Å²) in [5.41, 5.74) is 3.56. The van der Waals surface area contributed by atoms with Gasteiger partial charge in [-0.1, -0.05) is 24.3 Å². The Labute approximate surface area is 153 Å². The first-order chi connectivity index (χ1) is 12.6. The van der Waals surface area contributed by atoms with Gasteiger partial charge >= 0.3 is 0 Å². The molecular formula is C22H24FNO2. The Morgan fingerprint density at radius 1 is 1.08 bits per heavy atom. The van der Waals surface area contributed by atoms with Crippen LogP contribution in [0.5, 0.6) is 5.75 Å². The molecule has 0 bridgehead atoms. The summed E-state index contributed by atoms with van der Waals surface area (Å²) in [6.07, 6.45) is 4.43. The van der Waals surface area contributed by atoms with Crippen molar-refractivity contribution in [3.05, 3.63) is 64.5 Å². The number of rotatable bonds is 2. The number of fused-ring (bicyclic) bond motifs is 2. The van der Waals surface area contributed by atoms with Crippen molar-refractivity contribution >= 4 is 0 Å². The van der Waals surface area contributed by atoms with E-state index in [1.165, 1.54) is 17.2 Å². The third-order valence-corrected chi connectivity index (χ3v) is 6.44. The number of nitrogens with zero attached hydrogens (tertiary/aromatic N) is 1. The van der Waals surface area contributed by atoms with E-state index in [9.17, 15) is 9.50 Å². The van der Waals surface area contributed by atoms with Crippen LogP contribution in [0.3, 0.4) is 0 Å². The molecule has 136 valence electrons. The molecule has 2 aromatic rings. The number of para-hydroxylation sites is 1. The molecule has 0 spiro atoms. The van der Waals surface area contributed by atoms with Gasteiger partial charge in [0.15, 0.2) is 0 Å². The average molecular weight is 353 g/mol. The van der Waals surface area contributed by atoms with Gasteiger partial charge in [0.25, 0.3) is 0 Å². The molecule has 5 rings (SSSR count). The minimum Gasteiger partial charge on any atom is -0.493 e. The smallest absolute Gasteiger partial charge is 0.145 e. The van der Waals surface area contributed by atoms with E-state index in [4.69, 9.17) is 4.74 Å². The van der Waals surface area contributed by atoms with Crippen LogP contribution in [0.1, 0.15) is 47.4 Å². The third-order valence-electron chi connectivity index (χ3n) is 6.44. The van der Waals surface area contributed by atoms with Crippen molar-refractivity contribution in [1.82, 2.24) is 4.90 Å². The largest absolute Gasteiger partial charge is 0.493 e. The fraction of sp³-hybridized carbons (Fsp3) is 0.455. The second-order valence-corrected chi connectivity index (χ2v) is 7.81. The Morgan fingerprint density at radius 3 is 2.77 bits per heavy atom. The van der Waals surface area contributed by atoms with Crippen LogP contribution in [0.2, 0.25) is 0 Å². The maximum absolute atomic E-state index is 13.5. The highest BCUT2D eigenvalue weighted by atomic mass is 19.1. The molecular weight excluding hydrogens is 329 g/mol. The lowest BCUT2D eigenvalue weighted by Crippen LogP contribution is -2.48. The van der Waals surface area contributed by atoms with E-state index in [0.717, 1.165) is 62.3 Å². The van der Waals surface area contributed by atoms with Crippen LogP contribution in [-0.4, -0.2) is 29.7 Å². The van der Waals surface area contributed by atoms with E-state index < -0.39 is 5.72 Å². The van der Waals surface area contributed by atoms with Gasteiger partial charge in [0.2, 0.25) is 0 Å². The molecule has 0 radical (unpaired) electrons. The first kappa shape index (κ1) is 16.3. The van der Waals surface area contributed by atoms with Crippen LogP contribution in [0.15, 0.2) is 36.4 Å². The fourth-order valence-electron chi connectivity index (χ4n) is 5.05. The summed E-state index contributed by atoms with van der Waals surface area (Å²) in [5, 5.41) is 11.3. The number of aryl methyl sites for hydroxylation is 1. The maximum atomic E-state index is 13.5. The Balaban J connectivity index is 1.35. The van der Waals surface area contributed by atoms with E-state index >= 15 is 0 Å². The molecule has 2 aromatic carbocycles. The molecule has 1 N–H and O–H groups in total. The van der Waals surface area contributed by atoms with E-state index in [0.29, 0.717) is 12.3 Å². The topological polar surface area (TPSA) is 32.7 Å². The molecule has 1 aliphatic carbocycles. The summed E-state index contributed by atoms with van der Waals surface area (Å²) in [6.45, 7) is 2.49. The van der Waals surface area contributed by atoms with E-state index in [-0.39, 0.29) is 5.82 Å². The molecule has 0 amide bonds. The van der Waals surface area contributed by atoms with E-state index in [1.807, 2.05) is 0 Å². The Morgan fingerprint density at radius 2 is 1.92 bits per heavy atom. The van der Waals surface area contributed by atoms with Crippen molar-refractivity contribution in [2.45, 2.75) is 43.7 Å². The van der Waals surface area contributed by atoms with Crippen molar-refractivity contribution in [3.63, 3.8) is 0 Å². The van der Waals surface area contributed by atoms with Gasteiger partial charge < -0.3 is 9.84 Å². The quantitative estimate of drug-likeness (QED) is 0.893. The van der Waals surface area contributed by atoms with Crippen LogP contribution in [-0.2, 0) is 18.6 Å². The van der Waals surface area contributed by atoms with Crippen molar-refractivity contribution < 1.29 is 14.2 Å². The van der Waals surface area contributed by atoms with Crippen molar-refractivity contribution in [2.24, 2.45) is 0 Å². The first-order valence-corrected chi connectivity index (χ1v) is 9.66. The highest BCUT2D eigenvalue weighted by Crippen LogP contribution is 2.44. The van der Waals surface area contributed by atoms with Gasteiger partial charge in [-0.25, -0.2) is 4.39 Å². The third kappa shape index (κ3) is 2.47. The highest BCUT2D eigenvalue weighted by Gasteiger charge is 2.43. The number of piperidine rings is 1. The Bertz CT molecular complexity index is 844. The summed E-state index contributed by atoms with van der Waals surface area (Å²) in [4.78, 5) is 2.19. The highest BCUT2D eigenvalue weighted by molar-refractivity contribution is 5.46. The van der Waals surface area contributed by atoms with Gasteiger partial charge in [0.1, 0.15) is 17.3 Å². The van der Waals surface area contributed by atoms with Crippen molar-refractivity contribution in [2.75, 3.05) is 19.7 Å². The summed E-state index contributed by atoms with van der Waals surface area (Å²) < 4.78 is 19.4. The van der Waals surface area contributed by atoms with Crippen molar-refractivity contribution in [1.29, 1.82) is 0 Å². The molecule has 0 aromatic heterocycles. The fourth-order valence-corrected chi connectivity index (χ4v) is 5.05. The number of benzene rings is 2. The molecule has 0 saturated carbocycles. The molecule has 26 heavy (non-hydrogen) atoms. The number of ether oxygens (including phenoxy) is 1. The number of halogens is 1. The lowest BCUT2D eigenvalue weighted by Gasteiger charge is -2.42. The maximum Gasteiger partial charge on any atom is 0.145 e. The van der Waals surface area contributed by atoms with Gasteiger partial charge in [-0.05, 0) is 60.4 Å². The second kappa shape index (κ2) is 6.07. The lowest BCUT2D eigenvalue weighted by atomic mass is 9.86. The summed E-state index contributed by atoms with van der Waals surface area (Å²) in [5.74, 6) is 1.37.